The number of nitrogens with zero attached hydrogens (tertiary/aromatic N) is 2. The molecule has 0 atom stereocenters. The molecule has 1 N–H and O–H groups in total. The van der Waals surface area contributed by atoms with Crippen LogP contribution in [0.5, 0.6) is 0 Å². The highest BCUT2D eigenvalue weighted by molar-refractivity contribution is 6.01. The molecule has 1 heterocycles. The molecule has 1 aromatic heterocycles. The monoisotopic (exact) mass is 286 g/mol. The number of rotatable bonds is 4. The minimum Gasteiger partial charge on any atom is -0.478 e. The number of carboxylic acid groups (broad SMARTS) is 1. The molecule has 0 radical (unpaired) electrons. The van der Waals surface area contributed by atoms with E-state index in [1.54, 1.807) is 12.1 Å². The van der Waals surface area contributed by atoms with Gasteiger partial charge in [0.1, 0.15) is 5.82 Å². The fraction of sp³-hybridized carbons (Fsp3) is 0.529. The van der Waals surface area contributed by atoms with Gasteiger partial charge in [-0.1, -0.05) is 32.3 Å². The molecule has 4 nitrogen and oxygen atoms in total. The summed E-state index contributed by atoms with van der Waals surface area (Å²) >= 11 is 0. The second-order valence-corrected chi connectivity index (χ2v) is 5.92. The molecular weight excluding hydrogens is 264 g/mol. The van der Waals surface area contributed by atoms with Gasteiger partial charge in [-0.05, 0) is 31.4 Å². The van der Waals surface area contributed by atoms with Crippen LogP contribution in [0.15, 0.2) is 18.2 Å². The van der Waals surface area contributed by atoms with Gasteiger partial charge < -0.3 is 9.67 Å². The van der Waals surface area contributed by atoms with Gasteiger partial charge in [0, 0.05) is 12.5 Å². The zero-order valence-corrected chi connectivity index (χ0v) is 12.5. The number of fused-ring (bicyclic) bond motifs is 1. The second-order valence-electron chi connectivity index (χ2n) is 5.92. The minimum absolute atomic E-state index is 0.382. The van der Waals surface area contributed by atoms with Crippen molar-refractivity contribution in [3.63, 3.8) is 0 Å². The van der Waals surface area contributed by atoms with E-state index in [0.717, 1.165) is 42.5 Å². The first-order chi connectivity index (χ1) is 10.2. The van der Waals surface area contributed by atoms with Gasteiger partial charge in [-0.2, -0.15) is 0 Å². The maximum absolute atomic E-state index is 11.6. The van der Waals surface area contributed by atoms with Gasteiger partial charge in [-0.3, -0.25) is 0 Å². The van der Waals surface area contributed by atoms with Crippen molar-refractivity contribution >= 4 is 17.0 Å². The lowest BCUT2D eigenvalue weighted by Gasteiger charge is -2.26. The predicted molar refractivity (Wildman–Crippen MR) is 82.8 cm³/mol. The van der Waals surface area contributed by atoms with Crippen molar-refractivity contribution in [1.82, 2.24) is 9.55 Å². The number of benzene rings is 1. The van der Waals surface area contributed by atoms with Crippen LogP contribution in [0.1, 0.15) is 67.7 Å². The quantitative estimate of drug-likeness (QED) is 0.916. The Morgan fingerprint density at radius 3 is 2.76 bits per heavy atom. The third-order valence-electron chi connectivity index (χ3n) is 4.43. The summed E-state index contributed by atoms with van der Waals surface area (Å²) in [6.45, 7) is 2.14. The normalized spacial score (nSPS) is 16.4. The lowest BCUT2D eigenvalue weighted by Crippen LogP contribution is -2.16. The zero-order chi connectivity index (χ0) is 14.8. The van der Waals surface area contributed by atoms with Gasteiger partial charge in [0.2, 0.25) is 0 Å². The Balaban J connectivity index is 2.21. The van der Waals surface area contributed by atoms with E-state index < -0.39 is 5.97 Å². The van der Waals surface area contributed by atoms with E-state index in [4.69, 9.17) is 4.98 Å². The number of hydrogen-bond acceptors (Lipinski definition) is 2. The number of hydrogen-bond donors (Lipinski definition) is 1. The van der Waals surface area contributed by atoms with Crippen LogP contribution < -0.4 is 0 Å². The molecule has 4 heteroatoms. The number of aryl methyl sites for hydroxylation is 1. The van der Waals surface area contributed by atoms with E-state index in [-0.39, 0.29) is 0 Å². The summed E-state index contributed by atoms with van der Waals surface area (Å²) < 4.78 is 2.24. The van der Waals surface area contributed by atoms with Gasteiger partial charge >= 0.3 is 5.97 Å². The summed E-state index contributed by atoms with van der Waals surface area (Å²) in [5.41, 5.74) is 2.03. The van der Waals surface area contributed by atoms with Gasteiger partial charge in [0.15, 0.2) is 0 Å². The van der Waals surface area contributed by atoms with Gasteiger partial charge in [0.25, 0.3) is 0 Å². The Kier molecular flexibility index (Phi) is 3.95. The number of imidazole rings is 1. The van der Waals surface area contributed by atoms with E-state index in [9.17, 15) is 9.90 Å². The first-order valence-corrected chi connectivity index (χ1v) is 7.95. The van der Waals surface area contributed by atoms with Crippen LogP contribution in [-0.2, 0) is 6.42 Å². The van der Waals surface area contributed by atoms with Crippen molar-refractivity contribution in [1.29, 1.82) is 0 Å². The molecule has 0 aliphatic heterocycles. The maximum atomic E-state index is 11.6. The van der Waals surface area contributed by atoms with Crippen LogP contribution in [-0.4, -0.2) is 20.6 Å². The smallest absolute Gasteiger partial charge is 0.337 e. The largest absolute Gasteiger partial charge is 0.478 e. The maximum Gasteiger partial charge on any atom is 0.337 e. The summed E-state index contributed by atoms with van der Waals surface area (Å²) in [5.74, 6) is 0.189. The first kappa shape index (κ1) is 14.1. The van der Waals surface area contributed by atoms with Crippen molar-refractivity contribution in [2.75, 3.05) is 0 Å². The molecule has 0 bridgehead atoms. The Labute approximate surface area is 124 Å². The van der Waals surface area contributed by atoms with E-state index in [1.807, 2.05) is 6.07 Å². The Morgan fingerprint density at radius 2 is 2.10 bits per heavy atom. The fourth-order valence-corrected chi connectivity index (χ4v) is 3.50. The van der Waals surface area contributed by atoms with E-state index in [2.05, 4.69) is 11.5 Å². The van der Waals surface area contributed by atoms with Gasteiger partial charge in [0.05, 0.1) is 16.6 Å². The summed E-state index contributed by atoms with van der Waals surface area (Å²) in [4.78, 5) is 16.3. The standard InChI is InChI=1S/C17H22N2O2/c1-2-7-15-18-14-11-6-10-13(17(20)21)16(14)19(15)12-8-4-3-5-9-12/h6,10-12H,2-5,7-9H2,1H3,(H,20,21). The highest BCUT2D eigenvalue weighted by Crippen LogP contribution is 2.34. The number of carboxylic acids is 1. The number of aromatic nitrogens is 2. The van der Waals surface area contributed by atoms with Crippen LogP contribution in [0.4, 0.5) is 0 Å². The van der Waals surface area contributed by atoms with Gasteiger partial charge in [-0.15, -0.1) is 0 Å². The molecule has 0 unspecified atom stereocenters. The highest BCUT2D eigenvalue weighted by Gasteiger charge is 2.24. The molecule has 21 heavy (non-hydrogen) atoms. The lowest BCUT2D eigenvalue weighted by molar-refractivity contribution is 0.0698. The van der Waals surface area contributed by atoms with Crippen molar-refractivity contribution in [3.05, 3.63) is 29.6 Å². The van der Waals surface area contributed by atoms with Crippen LogP contribution >= 0.6 is 0 Å². The molecular formula is C17H22N2O2. The average molecular weight is 286 g/mol. The van der Waals surface area contributed by atoms with E-state index >= 15 is 0 Å². The number of para-hydroxylation sites is 1. The molecule has 1 saturated carbocycles. The lowest BCUT2D eigenvalue weighted by atomic mass is 9.94. The Bertz CT molecular complexity index is 654. The highest BCUT2D eigenvalue weighted by atomic mass is 16.4. The Hall–Kier alpha value is -1.84. The summed E-state index contributed by atoms with van der Waals surface area (Å²) in [6.07, 6.45) is 7.95. The van der Waals surface area contributed by atoms with Crippen LogP contribution in [0, 0.1) is 0 Å². The van der Waals surface area contributed by atoms with E-state index in [0.29, 0.717) is 11.6 Å². The molecule has 0 amide bonds. The summed E-state index contributed by atoms with van der Waals surface area (Å²) in [7, 11) is 0. The van der Waals surface area contributed by atoms with E-state index in [1.165, 1.54) is 19.3 Å². The Morgan fingerprint density at radius 1 is 1.33 bits per heavy atom. The molecule has 1 aliphatic carbocycles. The first-order valence-electron chi connectivity index (χ1n) is 7.95. The van der Waals surface area contributed by atoms with Crippen LogP contribution in [0.3, 0.4) is 0 Å². The van der Waals surface area contributed by atoms with Crippen molar-refractivity contribution in [2.24, 2.45) is 0 Å². The van der Waals surface area contributed by atoms with Gasteiger partial charge in [-0.25, -0.2) is 9.78 Å². The van der Waals surface area contributed by atoms with Crippen molar-refractivity contribution < 1.29 is 9.90 Å². The number of carbonyl (C=O) groups is 1. The average Bonchev–Trinajstić information content (AvgIpc) is 2.86. The molecule has 1 aliphatic rings. The van der Waals surface area contributed by atoms with Crippen LogP contribution in [0.2, 0.25) is 0 Å². The SMILES string of the molecule is CCCc1nc2cccc(C(=O)O)c2n1C1CCCCC1. The molecule has 1 fully saturated rings. The minimum atomic E-state index is -0.861. The molecule has 0 saturated heterocycles. The summed E-state index contributed by atoms with van der Waals surface area (Å²) in [5, 5.41) is 9.50. The third-order valence-corrected chi connectivity index (χ3v) is 4.43. The molecule has 1 aromatic carbocycles. The topological polar surface area (TPSA) is 55.1 Å². The molecule has 112 valence electrons. The zero-order valence-electron chi connectivity index (χ0n) is 12.5. The number of aromatic carboxylic acids is 1. The third kappa shape index (κ3) is 2.55. The van der Waals surface area contributed by atoms with Crippen molar-refractivity contribution in [3.8, 4) is 0 Å². The fourth-order valence-electron chi connectivity index (χ4n) is 3.50. The molecule has 2 aromatic rings. The predicted octanol–water partition coefficient (Wildman–Crippen LogP) is 4.19. The van der Waals surface area contributed by atoms with Crippen molar-refractivity contribution in [2.45, 2.75) is 57.9 Å². The molecule has 0 spiro atoms. The summed E-state index contributed by atoms with van der Waals surface area (Å²) in [6, 6.07) is 5.83. The molecule has 3 rings (SSSR count). The second kappa shape index (κ2) is 5.88. The van der Waals surface area contributed by atoms with Crippen LogP contribution in [0.25, 0.3) is 11.0 Å².